The van der Waals surface area contributed by atoms with Gasteiger partial charge in [0.05, 0.1) is 6.26 Å². The van der Waals surface area contributed by atoms with E-state index in [1.807, 2.05) is 23.6 Å². The van der Waals surface area contributed by atoms with E-state index >= 15 is 0 Å². The predicted molar refractivity (Wildman–Crippen MR) is 68.9 cm³/mol. The summed E-state index contributed by atoms with van der Waals surface area (Å²) in [7, 11) is 0. The first-order valence-electron chi connectivity index (χ1n) is 5.46. The number of hydrogen-bond donors (Lipinski definition) is 0. The minimum atomic E-state index is 0.751. The molecule has 5 heteroatoms. The average Bonchev–Trinajstić information content (AvgIpc) is 2.94. The fourth-order valence-electron chi connectivity index (χ4n) is 1.46. The molecular formula is C12H15N3OS. The van der Waals surface area contributed by atoms with Crippen molar-refractivity contribution < 1.29 is 4.42 Å². The first-order valence-corrected chi connectivity index (χ1v) is 6.45. The highest BCUT2D eigenvalue weighted by atomic mass is 32.2. The summed E-state index contributed by atoms with van der Waals surface area (Å²) >= 11 is 1.65. The second kappa shape index (κ2) is 5.23. The summed E-state index contributed by atoms with van der Waals surface area (Å²) < 4.78 is 7.40. The van der Waals surface area contributed by atoms with E-state index in [0.29, 0.717) is 0 Å². The first-order chi connectivity index (χ1) is 8.22. The molecule has 0 aliphatic rings. The molecular weight excluding hydrogens is 234 g/mol. The van der Waals surface area contributed by atoms with Gasteiger partial charge in [0.1, 0.15) is 0 Å². The van der Waals surface area contributed by atoms with Crippen LogP contribution >= 0.6 is 11.8 Å². The van der Waals surface area contributed by atoms with Crippen molar-refractivity contribution in [2.75, 3.05) is 5.75 Å². The Hall–Kier alpha value is -1.49. The molecule has 0 aromatic carbocycles. The minimum Gasteiger partial charge on any atom is -0.461 e. The van der Waals surface area contributed by atoms with Crippen molar-refractivity contribution in [3.63, 3.8) is 0 Å². The van der Waals surface area contributed by atoms with Gasteiger partial charge in [0.25, 0.3) is 0 Å². The van der Waals surface area contributed by atoms with Crippen LogP contribution in [0.4, 0.5) is 0 Å². The summed E-state index contributed by atoms with van der Waals surface area (Å²) in [5.41, 5.74) is 1.13. The molecule has 2 aromatic heterocycles. The Morgan fingerprint density at radius 3 is 2.94 bits per heavy atom. The molecule has 4 nitrogen and oxygen atoms in total. The van der Waals surface area contributed by atoms with Gasteiger partial charge in [-0.25, -0.2) is 0 Å². The zero-order valence-corrected chi connectivity index (χ0v) is 10.8. The van der Waals surface area contributed by atoms with E-state index in [2.05, 4.69) is 23.7 Å². The van der Waals surface area contributed by atoms with E-state index in [9.17, 15) is 0 Å². The van der Waals surface area contributed by atoms with Crippen molar-refractivity contribution in [1.29, 1.82) is 0 Å². The monoisotopic (exact) mass is 249 g/mol. The van der Waals surface area contributed by atoms with Crippen molar-refractivity contribution in [2.45, 2.75) is 25.5 Å². The zero-order chi connectivity index (χ0) is 12.3. The van der Waals surface area contributed by atoms with Crippen LogP contribution in [-0.2, 0) is 6.54 Å². The maximum atomic E-state index is 5.35. The van der Waals surface area contributed by atoms with Crippen LogP contribution in [0.3, 0.4) is 0 Å². The molecule has 0 atom stereocenters. The summed E-state index contributed by atoms with van der Waals surface area (Å²) in [5.74, 6) is 2.39. The van der Waals surface area contributed by atoms with E-state index in [1.165, 1.54) is 0 Å². The van der Waals surface area contributed by atoms with E-state index < -0.39 is 0 Å². The zero-order valence-electron chi connectivity index (χ0n) is 10.0. The fraction of sp³-hybridized carbons (Fsp3) is 0.333. The van der Waals surface area contributed by atoms with Crippen LogP contribution in [0.25, 0.3) is 11.6 Å². The highest BCUT2D eigenvalue weighted by molar-refractivity contribution is 7.99. The van der Waals surface area contributed by atoms with Gasteiger partial charge in [0, 0.05) is 12.3 Å². The standard InChI is InChI=1S/C12H15N3OS/c1-4-15-11(10-6-5-7-16-10)13-14-12(15)17-8-9(2)3/h5-7H,2,4,8H2,1,3H3. The molecule has 0 N–H and O–H groups in total. The summed E-state index contributed by atoms with van der Waals surface area (Å²) in [6.07, 6.45) is 1.64. The van der Waals surface area contributed by atoms with Gasteiger partial charge in [0.2, 0.25) is 0 Å². The molecule has 17 heavy (non-hydrogen) atoms. The Kier molecular flexibility index (Phi) is 3.68. The van der Waals surface area contributed by atoms with Crippen molar-refractivity contribution in [3.05, 3.63) is 30.5 Å². The molecule has 2 aromatic rings. The minimum absolute atomic E-state index is 0.751. The van der Waals surface area contributed by atoms with Gasteiger partial charge < -0.3 is 4.42 Å². The number of hydrogen-bond acceptors (Lipinski definition) is 4. The molecule has 90 valence electrons. The van der Waals surface area contributed by atoms with E-state index in [1.54, 1.807) is 18.0 Å². The Balaban J connectivity index is 2.27. The molecule has 0 unspecified atom stereocenters. The third-order valence-corrected chi connectivity index (χ3v) is 3.42. The lowest BCUT2D eigenvalue weighted by Crippen LogP contribution is -1.99. The van der Waals surface area contributed by atoms with Gasteiger partial charge in [-0.1, -0.05) is 23.9 Å². The number of nitrogens with zero attached hydrogens (tertiary/aromatic N) is 3. The number of rotatable bonds is 5. The number of furan rings is 1. The van der Waals surface area contributed by atoms with E-state index in [-0.39, 0.29) is 0 Å². The number of thioether (sulfide) groups is 1. The van der Waals surface area contributed by atoms with Crippen molar-refractivity contribution in [2.24, 2.45) is 0 Å². The largest absolute Gasteiger partial charge is 0.461 e. The van der Waals surface area contributed by atoms with Crippen molar-refractivity contribution in [3.8, 4) is 11.6 Å². The third kappa shape index (κ3) is 2.61. The second-order valence-corrected chi connectivity index (χ2v) is 4.72. The average molecular weight is 249 g/mol. The summed E-state index contributed by atoms with van der Waals surface area (Å²) in [6.45, 7) is 8.78. The Labute approximate surface area is 105 Å². The lowest BCUT2D eigenvalue weighted by atomic mass is 10.4. The van der Waals surface area contributed by atoms with Gasteiger partial charge in [-0.15, -0.1) is 10.2 Å². The Morgan fingerprint density at radius 1 is 1.53 bits per heavy atom. The van der Waals surface area contributed by atoms with Crippen molar-refractivity contribution >= 4 is 11.8 Å². The summed E-state index contributed by atoms with van der Waals surface area (Å²) in [6, 6.07) is 3.74. The maximum Gasteiger partial charge on any atom is 0.200 e. The lowest BCUT2D eigenvalue weighted by Gasteiger charge is -2.05. The highest BCUT2D eigenvalue weighted by Crippen LogP contribution is 2.24. The van der Waals surface area contributed by atoms with Crippen LogP contribution in [0.2, 0.25) is 0 Å². The first kappa shape index (κ1) is 12.0. The molecule has 0 spiro atoms. The van der Waals surface area contributed by atoms with Crippen LogP contribution in [0.15, 0.2) is 40.1 Å². The molecule has 0 aliphatic heterocycles. The molecule has 0 amide bonds. The van der Waals surface area contributed by atoms with Gasteiger partial charge in [-0.05, 0) is 26.0 Å². The van der Waals surface area contributed by atoms with E-state index in [4.69, 9.17) is 4.42 Å². The SMILES string of the molecule is C=C(C)CSc1nnc(-c2ccco2)n1CC. The fourth-order valence-corrected chi connectivity index (χ4v) is 2.30. The summed E-state index contributed by atoms with van der Waals surface area (Å²) in [5, 5.41) is 9.27. The maximum absolute atomic E-state index is 5.35. The molecule has 2 heterocycles. The van der Waals surface area contributed by atoms with Crippen LogP contribution in [0.5, 0.6) is 0 Å². The van der Waals surface area contributed by atoms with Crippen LogP contribution in [-0.4, -0.2) is 20.5 Å². The normalized spacial score (nSPS) is 10.7. The van der Waals surface area contributed by atoms with Crippen LogP contribution in [0.1, 0.15) is 13.8 Å². The molecule has 0 saturated heterocycles. The molecule has 0 bridgehead atoms. The third-order valence-electron chi connectivity index (χ3n) is 2.22. The summed E-state index contributed by atoms with van der Waals surface area (Å²) in [4.78, 5) is 0. The predicted octanol–water partition coefficient (Wildman–Crippen LogP) is 3.23. The van der Waals surface area contributed by atoms with Gasteiger partial charge >= 0.3 is 0 Å². The quantitative estimate of drug-likeness (QED) is 0.603. The molecule has 0 saturated carbocycles. The molecule has 0 radical (unpaired) electrons. The molecule has 2 rings (SSSR count). The highest BCUT2D eigenvalue weighted by Gasteiger charge is 2.14. The van der Waals surface area contributed by atoms with Crippen molar-refractivity contribution in [1.82, 2.24) is 14.8 Å². The second-order valence-electron chi connectivity index (χ2n) is 3.77. The van der Waals surface area contributed by atoms with Crippen LogP contribution in [0, 0.1) is 0 Å². The van der Waals surface area contributed by atoms with Gasteiger partial charge in [0.15, 0.2) is 16.7 Å². The Morgan fingerprint density at radius 2 is 2.35 bits per heavy atom. The van der Waals surface area contributed by atoms with Gasteiger partial charge in [-0.2, -0.15) is 0 Å². The molecule has 0 fully saturated rings. The topological polar surface area (TPSA) is 43.9 Å². The van der Waals surface area contributed by atoms with Crippen LogP contribution < -0.4 is 0 Å². The smallest absolute Gasteiger partial charge is 0.200 e. The van der Waals surface area contributed by atoms with Gasteiger partial charge in [-0.3, -0.25) is 4.57 Å². The lowest BCUT2D eigenvalue weighted by molar-refractivity contribution is 0.567. The number of aromatic nitrogens is 3. The molecule has 0 aliphatic carbocycles. The van der Waals surface area contributed by atoms with E-state index in [0.717, 1.165) is 34.6 Å². The Bertz CT molecular complexity index is 502.